The second kappa shape index (κ2) is 3.07. The van der Waals surface area contributed by atoms with Gasteiger partial charge in [-0.25, -0.2) is 4.79 Å². The molecule has 56 valence electrons. The second-order valence-corrected chi connectivity index (χ2v) is 1.79. The standard InChI is InChI=1S/C5H8N2O3/c8-5(9)10-4-1-6-3-7-2-4/h1,6-7H,2-3H2,(H,8,9). The van der Waals surface area contributed by atoms with Gasteiger partial charge >= 0.3 is 6.16 Å². The first-order valence-electron chi connectivity index (χ1n) is 2.83. The van der Waals surface area contributed by atoms with Crippen LogP contribution >= 0.6 is 0 Å². The Hall–Kier alpha value is -1.23. The lowest BCUT2D eigenvalue weighted by atomic mass is 10.5. The highest BCUT2D eigenvalue weighted by atomic mass is 16.7. The van der Waals surface area contributed by atoms with Gasteiger partial charge in [0.2, 0.25) is 0 Å². The molecule has 0 amide bonds. The summed E-state index contributed by atoms with van der Waals surface area (Å²) in [5.41, 5.74) is 0. The van der Waals surface area contributed by atoms with Crippen molar-refractivity contribution in [2.24, 2.45) is 0 Å². The van der Waals surface area contributed by atoms with E-state index in [9.17, 15) is 4.79 Å². The molecule has 0 aromatic carbocycles. The third-order valence-corrected chi connectivity index (χ3v) is 1.01. The molecule has 0 saturated carbocycles. The normalized spacial score (nSPS) is 17.0. The van der Waals surface area contributed by atoms with Crippen molar-refractivity contribution in [1.29, 1.82) is 0 Å². The fourth-order valence-electron chi connectivity index (χ4n) is 0.651. The van der Waals surface area contributed by atoms with Gasteiger partial charge < -0.3 is 15.2 Å². The summed E-state index contributed by atoms with van der Waals surface area (Å²) in [5, 5.41) is 13.8. The molecule has 0 atom stereocenters. The Labute approximate surface area is 57.7 Å². The molecular weight excluding hydrogens is 136 g/mol. The Morgan fingerprint density at radius 1 is 1.80 bits per heavy atom. The Bertz CT molecular complexity index is 166. The fraction of sp³-hybridized carbons (Fsp3) is 0.400. The van der Waals surface area contributed by atoms with Gasteiger partial charge in [-0.2, -0.15) is 0 Å². The van der Waals surface area contributed by atoms with E-state index in [2.05, 4.69) is 15.4 Å². The monoisotopic (exact) mass is 144 g/mol. The van der Waals surface area contributed by atoms with Gasteiger partial charge in [-0.1, -0.05) is 0 Å². The van der Waals surface area contributed by atoms with Crippen molar-refractivity contribution in [3.05, 3.63) is 12.0 Å². The molecule has 1 aliphatic rings. The highest BCUT2D eigenvalue weighted by Crippen LogP contribution is 1.96. The third kappa shape index (κ3) is 1.94. The first kappa shape index (κ1) is 6.88. The van der Waals surface area contributed by atoms with Gasteiger partial charge in [0.1, 0.15) is 5.76 Å². The van der Waals surface area contributed by atoms with E-state index in [1.165, 1.54) is 6.20 Å². The zero-order valence-electron chi connectivity index (χ0n) is 5.26. The molecule has 0 radical (unpaired) electrons. The van der Waals surface area contributed by atoms with E-state index in [0.717, 1.165) is 0 Å². The van der Waals surface area contributed by atoms with Crippen LogP contribution in [-0.2, 0) is 4.74 Å². The molecule has 10 heavy (non-hydrogen) atoms. The lowest BCUT2D eigenvalue weighted by molar-refractivity contribution is 0.115. The third-order valence-electron chi connectivity index (χ3n) is 1.01. The fourth-order valence-corrected chi connectivity index (χ4v) is 0.651. The quantitative estimate of drug-likeness (QED) is 0.440. The molecule has 0 fully saturated rings. The first-order valence-corrected chi connectivity index (χ1v) is 2.83. The molecule has 0 bridgehead atoms. The summed E-state index contributed by atoms with van der Waals surface area (Å²) >= 11 is 0. The molecule has 5 nitrogen and oxygen atoms in total. The van der Waals surface area contributed by atoms with Crippen LogP contribution in [0.25, 0.3) is 0 Å². The number of rotatable bonds is 1. The molecule has 5 heteroatoms. The van der Waals surface area contributed by atoms with E-state index < -0.39 is 6.16 Å². The van der Waals surface area contributed by atoms with Gasteiger partial charge in [0, 0.05) is 6.20 Å². The van der Waals surface area contributed by atoms with Crippen molar-refractivity contribution in [3.8, 4) is 0 Å². The van der Waals surface area contributed by atoms with Crippen LogP contribution in [-0.4, -0.2) is 24.5 Å². The van der Waals surface area contributed by atoms with Crippen molar-refractivity contribution in [1.82, 2.24) is 10.6 Å². The van der Waals surface area contributed by atoms with E-state index in [0.29, 0.717) is 19.0 Å². The molecule has 3 N–H and O–H groups in total. The van der Waals surface area contributed by atoms with Crippen molar-refractivity contribution in [3.63, 3.8) is 0 Å². The molecule has 0 aromatic rings. The van der Waals surface area contributed by atoms with Crippen molar-refractivity contribution in [2.75, 3.05) is 13.2 Å². The maximum atomic E-state index is 9.95. The van der Waals surface area contributed by atoms with Gasteiger partial charge in [-0.3, -0.25) is 5.32 Å². The number of carboxylic acid groups (broad SMARTS) is 1. The van der Waals surface area contributed by atoms with E-state index in [-0.39, 0.29) is 0 Å². The van der Waals surface area contributed by atoms with Crippen LogP contribution in [0.1, 0.15) is 0 Å². The van der Waals surface area contributed by atoms with E-state index in [1.54, 1.807) is 0 Å². The second-order valence-electron chi connectivity index (χ2n) is 1.79. The summed E-state index contributed by atoms with van der Waals surface area (Å²) < 4.78 is 4.34. The molecule has 0 aromatic heterocycles. The van der Waals surface area contributed by atoms with E-state index >= 15 is 0 Å². The minimum atomic E-state index is -1.28. The van der Waals surface area contributed by atoms with Crippen LogP contribution in [0, 0.1) is 0 Å². The van der Waals surface area contributed by atoms with Crippen molar-refractivity contribution in [2.45, 2.75) is 0 Å². The van der Waals surface area contributed by atoms with Crippen LogP contribution in [0.4, 0.5) is 4.79 Å². The highest BCUT2D eigenvalue weighted by molar-refractivity contribution is 5.58. The summed E-state index contributed by atoms with van der Waals surface area (Å²) in [6.07, 6.45) is 0.252. The smallest absolute Gasteiger partial charge is 0.449 e. The Kier molecular flexibility index (Phi) is 2.11. The lowest BCUT2D eigenvalue weighted by Gasteiger charge is -2.13. The zero-order chi connectivity index (χ0) is 7.40. The predicted octanol–water partition coefficient (Wildman–Crippen LogP) is -0.327. The molecule has 1 heterocycles. The van der Waals surface area contributed by atoms with Crippen molar-refractivity contribution >= 4 is 6.16 Å². The highest BCUT2D eigenvalue weighted by Gasteiger charge is 2.06. The molecule has 0 aliphatic carbocycles. The van der Waals surface area contributed by atoms with E-state index in [4.69, 9.17) is 5.11 Å². The first-order chi connectivity index (χ1) is 4.79. The molecule has 0 unspecified atom stereocenters. The summed E-state index contributed by atoms with van der Waals surface area (Å²) in [4.78, 5) is 9.95. The maximum absolute atomic E-state index is 9.95. The summed E-state index contributed by atoms with van der Waals surface area (Å²) in [5.74, 6) is 0.388. The van der Waals surface area contributed by atoms with Gasteiger partial charge in [-0.05, 0) is 0 Å². The Morgan fingerprint density at radius 2 is 2.60 bits per heavy atom. The molecule has 1 rings (SSSR count). The number of carbonyl (C=O) groups is 1. The number of hydrogen-bond donors (Lipinski definition) is 3. The molecule has 0 spiro atoms. The summed E-state index contributed by atoms with van der Waals surface area (Å²) in [6, 6.07) is 0. The summed E-state index contributed by atoms with van der Waals surface area (Å²) in [6.45, 7) is 1.10. The van der Waals surface area contributed by atoms with Gasteiger partial charge in [0.05, 0.1) is 13.2 Å². The lowest BCUT2D eigenvalue weighted by Crippen LogP contribution is -2.33. The average Bonchev–Trinajstić information content (AvgIpc) is 1.88. The average molecular weight is 144 g/mol. The minimum Gasteiger partial charge on any atom is -0.449 e. The van der Waals surface area contributed by atoms with Crippen LogP contribution in [0.5, 0.6) is 0 Å². The SMILES string of the molecule is O=C(O)OC1=CNCNC1. The van der Waals surface area contributed by atoms with Crippen LogP contribution < -0.4 is 10.6 Å². The predicted molar refractivity (Wildman–Crippen MR) is 33.2 cm³/mol. The number of nitrogens with one attached hydrogen (secondary N) is 2. The summed E-state index contributed by atoms with van der Waals surface area (Å²) in [7, 11) is 0. The molecular formula is C5H8N2O3. The van der Waals surface area contributed by atoms with Crippen LogP contribution in [0.15, 0.2) is 12.0 Å². The largest absolute Gasteiger partial charge is 0.511 e. The molecule has 0 saturated heterocycles. The van der Waals surface area contributed by atoms with Crippen LogP contribution in [0.2, 0.25) is 0 Å². The van der Waals surface area contributed by atoms with E-state index in [1.807, 2.05) is 0 Å². The zero-order valence-corrected chi connectivity index (χ0v) is 5.26. The van der Waals surface area contributed by atoms with Gasteiger partial charge in [0.15, 0.2) is 0 Å². The molecule has 1 aliphatic heterocycles. The number of ether oxygens (including phenoxy) is 1. The number of hydrogen-bond acceptors (Lipinski definition) is 4. The van der Waals surface area contributed by atoms with Crippen LogP contribution in [0.3, 0.4) is 0 Å². The Morgan fingerprint density at radius 3 is 3.10 bits per heavy atom. The van der Waals surface area contributed by atoms with Gasteiger partial charge in [-0.15, -0.1) is 0 Å². The maximum Gasteiger partial charge on any atom is 0.511 e. The van der Waals surface area contributed by atoms with Gasteiger partial charge in [0.25, 0.3) is 0 Å². The van der Waals surface area contributed by atoms with Crippen molar-refractivity contribution < 1.29 is 14.6 Å². The minimum absolute atomic E-state index is 0.388. The topological polar surface area (TPSA) is 70.6 Å². The Balaban J connectivity index is 2.38.